The van der Waals surface area contributed by atoms with Crippen molar-refractivity contribution in [3.63, 3.8) is 0 Å². The van der Waals surface area contributed by atoms with Gasteiger partial charge >= 0.3 is 0 Å². The van der Waals surface area contributed by atoms with Crippen LogP contribution in [0.2, 0.25) is 0 Å². The second kappa shape index (κ2) is 5.19. The van der Waals surface area contributed by atoms with Gasteiger partial charge in [0.05, 0.1) is 5.69 Å². The number of fused-ring (bicyclic) bond motifs is 1. The Labute approximate surface area is 118 Å². The summed E-state index contributed by atoms with van der Waals surface area (Å²) in [5.41, 5.74) is 1.96. The van der Waals surface area contributed by atoms with E-state index in [0.29, 0.717) is 5.69 Å². The van der Waals surface area contributed by atoms with E-state index in [1.54, 1.807) is 0 Å². The number of carbonyl (C=O) groups is 1. The standard InChI is InChI=1S/C16H18N2O2/c1-10-5-4-6-11(9-10)17-18-14-15(19)12-7-2-3-8-13(12)16(14)20/h4-6,9,12-13,19H,2-3,7-8H2,1H3. The van der Waals surface area contributed by atoms with Crippen LogP contribution in [0, 0.1) is 18.8 Å². The molecule has 0 spiro atoms. The molecule has 0 heterocycles. The van der Waals surface area contributed by atoms with Crippen LogP contribution in [0.25, 0.3) is 0 Å². The summed E-state index contributed by atoms with van der Waals surface area (Å²) in [7, 11) is 0. The van der Waals surface area contributed by atoms with E-state index < -0.39 is 0 Å². The highest BCUT2D eigenvalue weighted by atomic mass is 16.3. The molecular formula is C16H18N2O2. The molecule has 20 heavy (non-hydrogen) atoms. The summed E-state index contributed by atoms with van der Waals surface area (Å²) >= 11 is 0. The third-order valence-corrected chi connectivity index (χ3v) is 4.20. The molecule has 2 aliphatic carbocycles. The molecule has 104 valence electrons. The molecule has 4 heteroatoms. The van der Waals surface area contributed by atoms with Crippen LogP contribution in [0.4, 0.5) is 5.69 Å². The number of aliphatic hydroxyl groups is 1. The number of allylic oxidation sites excluding steroid dienone is 2. The second-order valence-electron chi connectivity index (χ2n) is 5.63. The van der Waals surface area contributed by atoms with Gasteiger partial charge in [-0.25, -0.2) is 0 Å². The second-order valence-corrected chi connectivity index (χ2v) is 5.63. The van der Waals surface area contributed by atoms with Gasteiger partial charge < -0.3 is 5.11 Å². The Hall–Kier alpha value is -1.97. The van der Waals surface area contributed by atoms with Crippen molar-refractivity contribution in [2.75, 3.05) is 0 Å². The molecule has 2 aliphatic rings. The first-order valence-corrected chi connectivity index (χ1v) is 7.12. The van der Waals surface area contributed by atoms with Gasteiger partial charge in [-0.3, -0.25) is 4.79 Å². The van der Waals surface area contributed by atoms with E-state index in [1.165, 1.54) is 0 Å². The van der Waals surface area contributed by atoms with Crippen LogP contribution in [0.15, 0.2) is 46.0 Å². The molecule has 1 aromatic rings. The number of carbonyl (C=O) groups excluding carboxylic acids is 1. The summed E-state index contributed by atoms with van der Waals surface area (Å²) in [5.74, 6) is 0.0117. The number of Topliss-reactive ketones (excluding diaryl/α,β-unsaturated/α-hetero) is 1. The highest BCUT2D eigenvalue weighted by molar-refractivity contribution is 6.00. The third-order valence-electron chi connectivity index (χ3n) is 4.20. The first-order chi connectivity index (χ1) is 9.66. The lowest BCUT2D eigenvalue weighted by Crippen LogP contribution is -2.21. The molecule has 1 N–H and O–H groups in total. The van der Waals surface area contributed by atoms with Crippen LogP contribution in [-0.4, -0.2) is 10.9 Å². The van der Waals surface area contributed by atoms with Crippen LogP contribution in [0.5, 0.6) is 0 Å². The van der Waals surface area contributed by atoms with E-state index >= 15 is 0 Å². The van der Waals surface area contributed by atoms with Crippen molar-refractivity contribution in [1.29, 1.82) is 0 Å². The zero-order valence-electron chi connectivity index (χ0n) is 11.5. The fourth-order valence-electron chi connectivity index (χ4n) is 3.15. The van der Waals surface area contributed by atoms with E-state index in [0.717, 1.165) is 31.2 Å². The van der Waals surface area contributed by atoms with Crippen molar-refractivity contribution < 1.29 is 9.90 Å². The molecular weight excluding hydrogens is 252 g/mol. The zero-order chi connectivity index (χ0) is 14.1. The number of hydrogen-bond acceptors (Lipinski definition) is 4. The molecule has 0 radical (unpaired) electrons. The minimum absolute atomic E-state index is 0.0253. The molecule has 1 fully saturated rings. The maximum Gasteiger partial charge on any atom is 0.190 e. The van der Waals surface area contributed by atoms with Crippen molar-refractivity contribution in [2.45, 2.75) is 32.6 Å². The van der Waals surface area contributed by atoms with Crippen LogP contribution >= 0.6 is 0 Å². The molecule has 0 aromatic heterocycles. The monoisotopic (exact) mass is 270 g/mol. The van der Waals surface area contributed by atoms with Crippen molar-refractivity contribution in [1.82, 2.24) is 0 Å². The van der Waals surface area contributed by atoms with Crippen LogP contribution in [0.3, 0.4) is 0 Å². The van der Waals surface area contributed by atoms with Gasteiger partial charge in [0.15, 0.2) is 11.5 Å². The summed E-state index contributed by atoms with van der Waals surface area (Å²) in [6.07, 6.45) is 3.87. The molecule has 0 amide bonds. The van der Waals surface area contributed by atoms with Gasteiger partial charge in [0, 0.05) is 11.8 Å². The average Bonchev–Trinajstić information content (AvgIpc) is 2.70. The van der Waals surface area contributed by atoms with E-state index in [1.807, 2.05) is 31.2 Å². The van der Waals surface area contributed by atoms with Gasteiger partial charge in [0.25, 0.3) is 0 Å². The van der Waals surface area contributed by atoms with Crippen LogP contribution in [-0.2, 0) is 4.79 Å². The maximum atomic E-state index is 12.3. The Morgan fingerprint density at radius 2 is 1.90 bits per heavy atom. The topological polar surface area (TPSA) is 62.0 Å². The molecule has 0 saturated heterocycles. The Morgan fingerprint density at radius 1 is 1.15 bits per heavy atom. The van der Waals surface area contributed by atoms with Gasteiger partial charge in [-0.15, -0.1) is 5.11 Å². The third kappa shape index (κ3) is 2.26. The molecule has 4 nitrogen and oxygen atoms in total. The summed E-state index contributed by atoms with van der Waals surface area (Å²) in [6.45, 7) is 1.98. The highest BCUT2D eigenvalue weighted by Gasteiger charge is 2.43. The summed E-state index contributed by atoms with van der Waals surface area (Å²) in [6, 6.07) is 7.60. The number of aliphatic hydroxyl groups excluding tert-OH is 1. The summed E-state index contributed by atoms with van der Waals surface area (Å²) in [4.78, 5) is 12.3. The zero-order valence-corrected chi connectivity index (χ0v) is 11.5. The molecule has 3 rings (SSSR count). The first kappa shape index (κ1) is 13.0. The lowest BCUT2D eigenvalue weighted by atomic mass is 9.80. The minimum atomic E-state index is -0.0739. The lowest BCUT2D eigenvalue weighted by Gasteiger charge is -2.23. The average molecular weight is 270 g/mol. The van der Waals surface area contributed by atoms with Gasteiger partial charge in [-0.05, 0) is 37.5 Å². The van der Waals surface area contributed by atoms with E-state index in [9.17, 15) is 9.90 Å². The van der Waals surface area contributed by atoms with Crippen molar-refractivity contribution in [2.24, 2.45) is 22.1 Å². The maximum absolute atomic E-state index is 12.3. The van der Waals surface area contributed by atoms with Gasteiger partial charge in [-0.2, -0.15) is 5.11 Å². The van der Waals surface area contributed by atoms with Gasteiger partial charge in [-0.1, -0.05) is 25.0 Å². The molecule has 2 unspecified atom stereocenters. The highest BCUT2D eigenvalue weighted by Crippen LogP contribution is 2.43. The largest absolute Gasteiger partial charge is 0.510 e. The Kier molecular flexibility index (Phi) is 3.38. The van der Waals surface area contributed by atoms with Crippen LogP contribution < -0.4 is 0 Å². The molecule has 1 aromatic carbocycles. The number of ketones is 1. The molecule has 2 atom stereocenters. The minimum Gasteiger partial charge on any atom is -0.510 e. The number of rotatable bonds is 2. The fourth-order valence-corrected chi connectivity index (χ4v) is 3.15. The Morgan fingerprint density at radius 3 is 2.60 bits per heavy atom. The number of aryl methyl sites for hydroxylation is 1. The number of hydrogen-bond donors (Lipinski definition) is 1. The van der Waals surface area contributed by atoms with Gasteiger partial charge in [0.2, 0.25) is 0 Å². The SMILES string of the molecule is Cc1cccc(N=NC2=C(O)C3CCCCC3C2=O)c1. The fraction of sp³-hybridized carbons (Fsp3) is 0.438. The molecule has 0 aliphatic heterocycles. The van der Waals surface area contributed by atoms with Crippen molar-refractivity contribution >= 4 is 11.5 Å². The lowest BCUT2D eigenvalue weighted by molar-refractivity contribution is -0.120. The predicted molar refractivity (Wildman–Crippen MR) is 75.8 cm³/mol. The normalized spacial score (nSPS) is 26.4. The van der Waals surface area contributed by atoms with Gasteiger partial charge in [0.1, 0.15) is 5.76 Å². The number of azo groups is 1. The predicted octanol–water partition coefficient (Wildman–Crippen LogP) is 4.24. The molecule has 0 bridgehead atoms. The van der Waals surface area contributed by atoms with Crippen LogP contribution in [0.1, 0.15) is 31.2 Å². The van der Waals surface area contributed by atoms with Crippen molar-refractivity contribution in [3.8, 4) is 0 Å². The summed E-state index contributed by atoms with van der Waals surface area (Å²) < 4.78 is 0. The summed E-state index contributed by atoms with van der Waals surface area (Å²) in [5, 5.41) is 18.3. The Bertz CT molecular complexity index is 604. The number of benzene rings is 1. The Balaban J connectivity index is 1.86. The number of nitrogens with zero attached hydrogens (tertiary/aromatic N) is 2. The van der Waals surface area contributed by atoms with E-state index in [4.69, 9.17) is 0 Å². The smallest absolute Gasteiger partial charge is 0.190 e. The molecule has 1 saturated carbocycles. The van der Waals surface area contributed by atoms with Crippen molar-refractivity contribution in [3.05, 3.63) is 41.3 Å². The first-order valence-electron chi connectivity index (χ1n) is 7.12. The van der Waals surface area contributed by atoms with E-state index in [-0.39, 0.29) is 29.1 Å². The van der Waals surface area contributed by atoms with E-state index in [2.05, 4.69) is 10.2 Å². The quantitative estimate of drug-likeness (QED) is 0.817.